The average molecular weight is 291 g/mol. The molecule has 1 amide bonds. The average Bonchev–Trinajstić information content (AvgIpc) is 2.97. The molecule has 1 aromatic heterocycles. The Hall–Kier alpha value is -2.19. The number of rotatable bonds is 3. The first kappa shape index (κ1) is 14.2. The third kappa shape index (κ3) is 3.90. The number of halogens is 2. The fraction of sp³-hybridized carbons (Fsp3) is 0.133. The van der Waals surface area contributed by atoms with Crippen molar-refractivity contribution < 1.29 is 13.6 Å². The Morgan fingerprint density at radius 1 is 1.25 bits per heavy atom. The molecular weight excluding hydrogens is 280 g/mol. The highest BCUT2D eigenvalue weighted by Gasteiger charge is 2.36. The molecule has 0 atom stereocenters. The fourth-order valence-corrected chi connectivity index (χ4v) is 2.02. The minimum atomic E-state index is -3.70. The van der Waals surface area contributed by atoms with Gasteiger partial charge in [0.2, 0.25) is 0 Å². The molecule has 0 fully saturated rings. The lowest BCUT2D eigenvalue weighted by Gasteiger charge is -2.10. The van der Waals surface area contributed by atoms with Gasteiger partial charge in [0.05, 0.1) is 0 Å². The van der Waals surface area contributed by atoms with Crippen molar-refractivity contribution in [2.45, 2.75) is 12.5 Å². The Labute approximate surface area is 119 Å². The summed E-state index contributed by atoms with van der Waals surface area (Å²) in [6.07, 6.45) is 0. The number of nitrogens with one attached hydrogen (secondary N) is 1. The fourth-order valence-electron chi connectivity index (χ4n) is 1.43. The van der Waals surface area contributed by atoms with Gasteiger partial charge in [0, 0.05) is 17.5 Å². The van der Waals surface area contributed by atoms with Gasteiger partial charge in [-0.1, -0.05) is 36.3 Å². The standard InChI is InChI=1S/C15H11F2NOS/c16-15(17,8-6-13-7-9-20-11-13)14(19)18-10-12-4-2-1-3-5-12/h1-5,7,9,11H,10H2,(H,18,19). The molecule has 1 aromatic carbocycles. The van der Waals surface area contributed by atoms with Crippen molar-refractivity contribution in [2.75, 3.05) is 0 Å². The van der Waals surface area contributed by atoms with Crippen LogP contribution in [0, 0.1) is 11.8 Å². The molecule has 0 saturated carbocycles. The second-order valence-electron chi connectivity index (χ2n) is 4.00. The summed E-state index contributed by atoms with van der Waals surface area (Å²) >= 11 is 1.36. The van der Waals surface area contributed by atoms with Crippen LogP contribution >= 0.6 is 11.3 Å². The Bertz CT molecular complexity index is 627. The molecule has 0 radical (unpaired) electrons. The molecule has 0 saturated heterocycles. The molecule has 2 nitrogen and oxygen atoms in total. The van der Waals surface area contributed by atoms with Crippen LogP contribution in [-0.2, 0) is 11.3 Å². The maximum Gasteiger partial charge on any atom is 0.385 e. The third-order valence-corrected chi connectivity index (χ3v) is 3.15. The van der Waals surface area contributed by atoms with Gasteiger partial charge in [0.1, 0.15) is 0 Å². The van der Waals surface area contributed by atoms with Crippen LogP contribution in [0.3, 0.4) is 0 Å². The van der Waals surface area contributed by atoms with E-state index in [1.165, 1.54) is 11.3 Å². The van der Waals surface area contributed by atoms with Crippen LogP contribution in [0.25, 0.3) is 0 Å². The third-order valence-electron chi connectivity index (χ3n) is 2.47. The summed E-state index contributed by atoms with van der Waals surface area (Å²) < 4.78 is 27.1. The van der Waals surface area contributed by atoms with Crippen LogP contribution in [0.5, 0.6) is 0 Å². The minimum Gasteiger partial charge on any atom is -0.346 e. The van der Waals surface area contributed by atoms with E-state index >= 15 is 0 Å². The second kappa shape index (κ2) is 6.31. The lowest BCUT2D eigenvalue weighted by atomic mass is 10.2. The number of hydrogen-bond acceptors (Lipinski definition) is 2. The molecule has 2 aromatic rings. The summed E-state index contributed by atoms with van der Waals surface area (Å²) in [5.41, 5.74) is 1.23. The Morgan fingerprint density at radius 3 is 2.65 bits per heavy atom. The van der Waals surface area contributed by atoms with Crippen molar-refractivity contribution in [1.82, 2.24) is 5.32 Å². The first-order valence-corrected chi connectivity index (χ1v) is 6.77. The molecular formula is C15H11F2NOS. The lowest BCUT2D eigenvalue weighted by molar-refractivity contribution is -0.138. The highest BCUT2D eigenvalue weighted by atomic mass is 32.1. The first-order valence-electron chi connectivity index (χ1n) is 5.83. The Balaban J connectivity index is 1.97. The van der Waals surface area contributed by atoms with E-state index in [0.29, 0.717) is 5.56 Å². The van der Waals surface area contributed by atoms with Gasteiger partial charge in [-0.2, -0.15) is 20.1 Å². The van der Waals surface area contributed by atoms with E-state index in [-0.39, 0.29) is 6.54 Å². The lowest BCUT2D eigenvalue weighted by Crippen LogP contribution is -2.38. The zero-order valence-electron chi connectivity index (χ0n) is 10.4. The Morgan fingerprint density at radius 2 is 2.00 bits per heavy atom. The molecule has 102 valence electrons. The molecule has 0 unspecified atom stereocenters. The number of carbonyl (C=O) groups excluding carboxylic acids is 1. The second-order valence-corrected chi connectivity index (χ2v) is 4.78. The van der Waals surface area contributed by atoms with E-state index in [9.17, 15) is 13.6 Å². The molecule has 0 bridgehead atoms. The molecule has 5 heteroatoms. The van der Waals surface area contributed by atoms with Crippen LogP contribution in [0.15, 0.2) is 47.2 Å². The van der Waals surface area contributed by atoms with Gasteiger partial charge in [0.25, 0.3) is 0 Å². The normalized spacial score (nSPS) is 10.5. The van der Waals surface area contributed by atoms with E-state index in [2.05, 4.69) is 11.2 Å². The summed E-state index contributed by atoms with van der Waals surface area (Å²) in [6.45, 7) is 0.0510. The largest absolute Gasteiger partial charge is 0.385 e. The van der Waals surface area contributed by atoms with Gasteiger partial charge in [-0.15, -0.1) is 0 Å². The molecule has 0 spiro atoms. The minimum absolute atomic E-state index is 0.0510. The smallest absolute Gasteiger partial charge is 0.346 e. The summed E-state index contributed by atoms with van der Waals surface area (Å²) in [5, 5.41) is 5.56. The van der Waals surface area contributed by atoms with E-state index in [1.807, 2.05) is 6.07 Å². The van der Waals surface area contributed by atoms with Crippen LogP contribution in [0.1, 0.15) is 11.1 Å². The molecule has 20 heavy (non-hydrogen) atoms. The van der Waals surface area contributed by atoms with Crippen molar-refractivity contribution in [3.05, 3.63) is 58.3 Å². The molecule has 0 aliphatic carbocycles. The molecule has 1 heterocycles. The number of alkyl halides is 2. The van der Waals surface area contributed by atoms with E-state index in [0.717, 1.165) is 5.56 Å². The van der Waals surface area contributed by atoms with Gasteiger partial charge in [0.15, 0.2) is 0 Å². The van der Waals surface area contributed by atoms with Crippen LogP contribution in [0.2, 0.25) is 0 Å². The summed E-state index contributed by atoms with van der Waals surface area (Å²) in [5.74, 6) is -1.08. The van der Waals surface area contributed by atoms with Crippen LogP contribution < -0.4 is 5.32 Å². The quantitative estimate of drug-likeness (QED) is 0.865. The summed E-state index contributed by atoms with van der Waals surface area (Å²) in [6, 6.07) is 10.5. The number of hydrogen-bond donors (Lipinski definition) is 1. The molecule has 1 N–H and O–H groups in total. The van der Waals surface area contributed by atoms with Gasteiger partial charge in [-0.05, 0) is 22.9 Å². The van der Waals surface area contributed by atoms with Crippen molar-refractivity contribution in [3.8, 4) is 11.8 Å². The van der Waals surface area contributed by atoms with Crippen LogP contribution in [0.4, 0.5) is 8.78 Å². The number of carbonyl (C=O) groups is 1. The predicted octanol–water partition coefficient (Wildman–Crippen LogP) is 3.05. The molecule has 0 aliphatic rings. The van der Waals surface area contributed by atoms with Gasteiger partial charge >= 0.3 is 11.8 Å². The van der Waals surface area contributed by atoms with Gasteiger partial charge < -0.3 is 5.32 Å². The van der Waals surface area contributed by atoms with Gasteiger partial charge in [-0.3, -0.25) is 4.79 Å². The van der Waals surface area contributed by atoms with E-state index in [4.69, 9.17) is 0 Å². The number of amides is 1. The topological polar surface area (TPSA) is 29.1 Å². The zero-order chi connectivity index (χ0) is 14.4. The molecule has 0 aliphatic heterocycles. The van der Waals surface area contributed by atoms with E-state index in [1.54, 1.807) is 47.0 Å². The maximum absolute atomic E-state index is 13.5. The van der Waals surface area contributed by atoms with Crippen LogP contribution in [-0.4, -0.2) is 11.8 Å². The zero-order valence-corrected chi connectivity index (χ0v) is 11.2. The van der Waals surface area contributed by atoms with Crippen molar-refractivity contribution >= 4 is 17.2 Å². The maximum atomic E-state index is 13.5. The number of benzene rings is 1. The SMILES string of the molecule is O=C(NCc1ccccc1)C(F)(F)C#Cc1ccsc1. The molecule has 2 rings (SSSR count). The van der Waals surface area contributed by atoms with Crippen molar-refractivity contribution in [3.63, 3.8) is 0 Å². The first-order chi connectivity index (χ1) is 9.58. The monoisotopic (exact) mass is 291 g/mol. The predicted molar refractivity (Wildman–Crippen MR) is 74.4 cm³/mol. The number of thiophene rings is 1. The van der Waals surface area contributed by atoms with Crippen molar-refractivity contribution in [1.29, 1.82) is 0 Å². The highest BCUT2D eigenvalue weighted by Crippen LogP contribution is 2.13. The Kier molecular flexibility index (Phi) is 4.49. The summed E-state index contributed by atoms with van der Waals surface area (Å²) in [4.78, 5) is 11.4. The van der Waals surface area contributed by atoms with Gasteiger partial charge in [-0.25, -0.2) is 0 Å². The van der Waals surface area contributed by atoms with Crippen molar-refractivity contribution in [2.24, 2.45) is 0 Å². The van der Waals surface area contributed by atoms with E-state index < -0.39 is 11.8 Å². The summed E-state index contributed by atoms with van der Waals surface area (Å²) in [7, 11) is 0. The highest BCUT2D eigenvalue weighted by molar-refractivity contribution is 7.08.